The third-order valence-electron chi connectivity index (χ3n) is 4.56. The number of ether oxygens (including phenoxy) is 1. The zero-order valence-electron chi connectivity index (χ0n) is 14.8. The summed E-state index contributed by atoms with van der Waals surface area (Å²) in [6, 6.07) is 14.3. The number of likely N-dealkylation sites (N-methyl/N-ethyl adjacent to an activating group) is 1. The van der Waals surface area contributed by atoms with Crippen LogP contribution in [0.5, 0.6) is 5.75 Å². The number of hydrogen-bond acceptors (Lipinski definition) is 3. The Morgan fingerprint density at radius 3 is 2.84 bits per heavy atom. The lowest BCUT2D eigenvalue weighted by molar-refractivity contribution is -0.119. The van der Waals surface area contributed by atoms with Crippen LogP contribution in [0.3, 0.4) is 0 Å². The van der Waals surface area contributed by atoms with Gasteiger partial charge in [-0.3, -0.25) is 9.69 Å². The van der Waals surface area contributed by atoms with Gasteiger partial charge in [-0.25, -0.2) is 0 Å². The molecule has 0 radical (unpaired) electrons. The highest BCUT2D eigenvalue weighted by molar-refractivity contribution is 9.10. The predicted octanol–water partition coefficient (Wildman–Crippen LogP) is 3.87. The summed E-state index contributed by atoms with van der Waals surface area (Å²) in [5.74, 6) is 0.969. The first kappa shape index (κ1) is 18.0. The molecule has 1 heterocycles. The minimum absolute atomic E-state index is 0.133. The van der Waals surface area contributed by atoms with Crippen LogP contribution in [-0.4, -0.2) is 37.6 Å². The molecular formula is C20H23BrN2O2. The number of fused-ring (bicyclic) bond motifs is 1. The summed E-state index contributed by atoms with van der Waals surface area (Å²) in [4.78, 5) is 16.8. The van der Waals surface area contributed by atoms with Gasteiger partial charge in [-0.2, -0.15) is 0 Å². The van der Waals surface area contributed by atoms with Crippen LogP contribution in [0.25, 0.3) is 0 Å². The molecule has 0 aliphatic carbocycles. The van der Waals surface area contributed by atoms with Crippen molar-refractivity contribution in [3.63, 3.8) is 0 Å². The van der Waals surface area contributed by atoms with Crippen LogP contribution in [0.2, 0.25) is 0 Å². The number of amides is 1. The fraction of sp³-hybridized carbons (Fsp3) is 0.350. The molecule has 0 bridgehead atoms. The van der Waals surface area contributed by atoms with Gasteiger partial charge >= 0.3 is 0 Å². The van der Waals surface area contributed by atoms with Gasteiger partial charge in [0.1, 0.15) is 5.75 Å². The molecule has 0 aromatic heterocycles. The SMILES string of the molecule is COc1ccc(Br)cc1CN(C)CC(=O)N1c2ccccc2C[C@@H]1C. The molecule has 4 nitrogen and oxygen atoms in total. The van der Waals surface area contributed by atoms with Gasteiger partial charge in [-0.05, 0) is 50.2 Å². The lowest BCUT2D eigenvalue weighted by Gasteiger charge is -2.26. The van der Waals surface area contributed by atoms with Crippen LogP contribution in [0, 0.1) is 0 Å². The number of nitrogens with zero attached hydrogens (tertiary/aromatic N) is 2. The number of benzene rings is 2. The van der Waals surface area contributed by atoms with Crippen molar-refractivity contribution >= 4 is 27.5 Å². The predicted molar refractivity (Wildman–Crippen MR) is 104 cm³/mol. The molecule has 0 saturated heterocycles. The molecule has 0 unspecified atom stereocenters. The molecule has 0 saturated carbocycles. The average Bonchev–Trinajstić information content (AvgIpc) is 2.90. The van der Waals surface area contributed by atoms with Gasteiger partial charge in [0.15, 0.2) is 0 Å². The van der Waals surface area contributed by atoms with Gasteiger partial charge in [-0.1, -0.05) is 34.1 Å². The topological polar surface area (TPSA) is 32.8 Å². The largest absolute Gasteiger partial charge is 0.496 e. The summed E-state index contributed by atoms with van der Waals surface area (Å²) in [7, 11) is 3.63. The van der Waals surface area contributed by atoms with Crippen molar-refractivity contribution in [3.05, 3.63) is 58.1 Å². The van der Waals surface area contributed by atoms with E-state index in [4.69, 9.17) is 4.74 Å². The number of anilines is 1. The Kier molecular flexibility index (Phi) is 5.45. The second kappa shape index (κ2) is 7.58. The monoisotopic (exact) mass is 402 g/mol. The quantitative estimate of drug-likeness (QED) is 0.760. The van der Waals surface area contributed by atoms with Gasteiger partial charge in [0, 0.05) is 28.3 Å². The molecule has 1 amide bonds. The van der Waals surface area contributed by atoms with E-state index in [-0.39, 0.29) is 11.9 Å². The molecule has 1 aliphatic heterocycles. The van der Waals surface area contributed by atoms with E-state index < -0.39 is 0 Å². The molecule has 0 spiro atoms. The van der Waals surface area contributed by atoms with Crippen LogP contribution >= 0.6 is 15.9 Å². The van der Waals surface area contributed by atoms with E-state index in [1.54, 1.807) is 7.11 Å². The molecule has 1 atom stereocenters. The Hall–Kier alpha value is -1.85. The Bertz CT molecular complexity index is 778. The molecule has 132 valence electrons. The van der Waals surface area contributed by atoms with E-state index >= 15 is 0 Å². The molecule has 2 aromatic rings. The summed E-state index contributed by atoms with van der Waals surface area (Å²) in [5, 5.41) is 0. The highest BCUT2D eigenvalue weighted by atomic mass is 79.9. The van der Waals surface area contributed by atoms with Crippen molar-refractivity contribution in [1.82, 2.24) is 4.90 Å². The molecule has 0 N–H and O–H groups in total. The van der Waals surface area contributed by atoms with E-state index in [1.165, 1.54) is 5.56 Å². The standard InChI is InChI=1S/C20H23BrN2O2/c1-14-10-15-6-4-5-7-18(15)23(14)20(24)13-22(2)12-16-11-17(21)8-9-19(16)25-3/h4-9,11,14H,10,12-13H2,1-3H3/t14-/m0/s1. The molecule has 3 rings (SSSR count). The zero-order chi connectivity index (χ0) is 18.0. The second-order valence-corrected chi connectivity index (χ2v) is 7.49. The molecule has 2 aromatic carbocycles. The van der Waals surface area contributed by atoms with Crippen molar-refractivity contribution in [2.24, 2.45) is 0 Å². The number of rotatable bonds is 5. The van der Waals surface area contributed by atoms with Gasteiger partial charge in [0.2, 0.25) is 5.91 Å². The molecule has 0 fully saturated rings. The maximum atomic E-state index is 12.9. The van der Waals surface area contributed by atoms with Gasteiger partial charge in [-0.15, -0.1) is 0 Å². The average molecular weight is 403 g/mol. The van der Waals surface area contributed by atoms with Gasteiger partial charge in [0.25, 0.3) is 0 Å². The molecule has 1 aliphatic rings. The third-order valence-corrected chi connectivity index (χ3v) is 5.06. The van der Waals surface area contributed by atoms with E-state index in [9.17, 15) is 4.79 Å². The summed E-state index contributed by atoms with van der Waals surface area (Å²) in [6.07, 6.45) is 0.922. The first-order valence-corrected chi connectivity index (χ1v) is 9.20. The van der Waals surface area contributed by atoms with Gasteiger partial charge in [0.05, 0.1) is 13.7 Å². The number of halogens is 1. The van der Waals surface area contributed by atoms with Crippen LogP contribution in [0.1, 0.15) is 18.1 Å². The Labute approximate surface area is 157 Å². The molecule has 5 heteroatoms. The normalized spacial score (nSPS) is 16.2. The van der Waals surface area contributed by atoms with Gasteiger partial charge < -0.3 is 9.64 Å². The van der Waals surface area contributed by atoms with Crippen molar-refractivity contribution < 1.29 is 9.53 Å². The van der Waals surface area contributed by atoms with E-state index in [0.717, 1.165) is 27.9 Å². The number of hydrogen-bond donors (Lipinski definition) is 0. The molecule has 25 heavy (non-hydrogen) atoms. The Morgan fingerprint density at radius 2 is 2.08 bits per heavy atom. The van der Waals surface area contributed by atoms with Crippen LogP contribution < -0.4 is 9.64 Å². The smallest absolute Gasteiger partial charge is 0.241 e. The number of carbonyl (C=O) groups is 1. The lowest BCUT2D eigenvalue weighted by Crippen LogP contribution is -2.42. The summed E-state index contributed by atoms with van der Waals surface area (Å²) in [6.45, 7) is 3.13. The number of methoxy groups -OCH3 is 1. The number of carbonyl (C=O) groups excluding carboxylic acids is 1. The van der Waals surface area contributed by atoms with Crippen molar-refractivity contribution in [3.8, 4) is 5.75 Å². The van der Waals surface area contributed by atoms with E-state index in [1.807, 2.05) is 53.2 Å². The van der Waals surface area contributed by atoms with Crippen molar-refractivity contribution in [1.29, 1.82) is 0 Å². The van der Waals surface area contributed by atoms with Crippen molar-refractivity contribution in [2.45, 2.75) is 25.9 Å². The zero-order valence-corrected chi connectivity index (χ0v) is 16.4. The third kappa shape index (κ3) is 3.88. The fourth-order valence-electron chi connectivity index (χ4n) is 3.47. The summed E-state index contributed by atoms with van der Waals surface area (Å²) >= 11 is 3.50. The Balaban J connectivity index is 1.70. The van der Waals surface area contributed by atoms with Crippen molar-refractivity contribution in [2.75, 3.05) is 25.6 Å². The van der Waals surface area contributed by atoms with Crippen LogP contribution in [0.4, 0.5) is 5.69 Å². The number of para-hydroxylation sites is 1. The maximum absolute atomic E-state index is 12.9. The summed E-state index contributed by atoms with van der Waals surface area (Å²) in [5.41, 5.74) is 3.36. The van der Waals surface area contributed by atoms with Crippen LogP contribution in [-0.2, 0) is 17.8 Å². The maximum Gasteiger partial charge on any atom is 0.241 e. The fourth-order valence-corrected chi connectivity index (χ4v) is 3.88. The highest BCUT2D eigenvalue weighted by Gasteiger charge is 2.30. The second-order valence-electron chi connectivity index (χ2n) is 6.57. The summed E-state index contributed by atoms with van der Waals surface area (Å²) < 4.78 is 6.43. The Morgan fingerprint density at radius 1 is 1.32 bits per heavy atom. The van der Waals surface area contributed by atoms with Crippen LogP contribution in [0.15, 0.2) is 46.9 Å². The first-order valence-electron chi connectivity index (χ1n) is 8.40. The molecular weight excluding hydrogens is 380 g/mol. The minimum Gasteiger partial charge on any atom is -0.496 e. The van der Waals surface area contributed by atoms with E-state index in [2.05, 4.69) is 28.9 Å². The first-order chi connectivity index (χ1) is 12.0. The van der Waals surface area contributed by atoms with E-state index in [0.29, 0.717) is 13.1 Å². The highest BCUT2D eigenvalue weighted by Crippen LogP contribution is 2.32. The lowest BCUT2D eigenvalue weighted by atomic mass is 10.1. The minimum atomic E-state index is 0.133.